The maximum absolute atomic E-state index is 12.3. The predicted molar refractivity (Wildman–Crippen MR) is 83.7 cm³/mol. The number of thiophene rings is 1. The lowest BCUT2D eigenvalue weighted by Gasteiger charge is -2.36. The van der Waals surface area contributed by atoms with Gasteiger partial charge in [-0.3, -0.25) is 9.69 Å². The van der Waals surface area contributed by atoms with Crippen molar-refractivity contribution in [2.75, 3.05) is 26.7 Å². The van der Waals surface area contributed by atoms with Crippen LogP contribution in [0.5, 0.6) is 0 Å². The smallest absolute Gasteiger partial charge is 0.236 e. The van der Waals surface area contributed by atoms with Crippen LogP contribution in [-0.2, 0) is 11.3 Å². The van der Waals surface area contributed by atoms with Gasteiger partial charge in [0, 0.05) is 19.6 Å². The molecular weight excluding hydrogens is 270 g/mol. The molecule has 0 saturated carbocycles. The summed E-state index contributed by atoms with van der Waals surface area (Å²) in [7, 11) is 1.89. The normalized spacial score (nSPS) is 20.0. The minimum absolute atomic E-state index is 0.208. The molecule has 1 atom stereocenters. The predicted octanol–water partition coefficient (Wildman–Crippen LogP) is 1.91. The van der Waals surface area contributed by atoms with Gasteiger partial charge in [-0.15, -0.1) is 0 Å². The maximum atomic E-state index is 12.3. The summed E-state index contributed by atoms with van der Waals surface area (Å²) in [6.45, 7) is 2.98. The molecule has 1 aliphatic heterocycles. The van der Waals surface area contributed by atoms with E-state index in [4.69, 9.17) is 5.73 Å². The van der Waals surface area contributed by atoms with Crippen LogP contribution in [0.25, 0.3) is 0 Å². The molecule has 5 heteroatoms. The van der Waals surface area contributed by atoms with E-state index in [1.807, 2.05) is 11.9 Å². The average Bonchev–Trinajstić information content (AvgIpc) is 2.94. The van der Waals surface area contributed by atoms with Crippen LogP contribution in [0.2, 0.25) is 0 Å². The third kappa shape index (κ3) is 4.30. The maximum Gasteiger partial charge on any atom is 0.236 e. The average molecular weight is 295 g/mol. The SMILES string of the molecule is CN(Cc1ccsc1)C(=O)CN1CCCCC1CCN. The van der Waals surface area contributed by atoms with E-state index in [9.17, 15) is 4.79 Å². The number of hydrogen-bond acceptors (Lipinski definition) is 4. The molecule has 1 fully saturated rings. The lowest BCUT2D eigenvalue weighted by atomic mass is 9.99. The van der Waals surface area contributed by atoms with E-state index in [1.54, 1.807) is 11.3 Å². The van der Waals surface area contributed by atoms with Crippen LogP contribution in [0.4, 0.5) is 0 Å². The Hall–Kier alpha value is -0.910. The Kier molecular flexibility index (Phi) is 6.01. The molecule has 2 rings (SSSR count). The highest BCUT2D eigenvalue weighted by Crippen LogP contribution is 2.19. The highest BCUT2D eigenvalue weighted by molar-refractivity contribution is 7.07. The van der Waals surface area contributed by atoms with Gasteiger partial charge in [0.05, 0.1) is 6.54 Å². The number of carbonyl (C=O) groups excluding carboxylic acids is 1. The van der Waals surface area contributed by atoms with E-state index < -0.39 is 0 Å². The molecule has 1 saturated heterocycles. The fourth-order valence-corrected chi connectivity index (χ4v) is 3.49. The Bertz CT molecular complexity index is 405. The number of nitrogens with two attached hydrogens (primary N) is 1. The number of carbonyl (C=O) groups is 1. The van der Waals surface area contributed by atoms with Gasteiger partial charge in [-0.05, 0) is 54.7 Å². The van der Waals surface area contributed by atoms with Gasteiger partial charge in [0.2, 0.25) is 5.91 Å². The van der Waals surface area contributed by atoms with Gasteiger partial charge in [0.25, 0.3) is 0 Å². The zero-order valence-corrected chi connectivity index (χ0v) is 13.1. The second-order valence-corrected chi connectivity index (χ2v) is 6.36. The van der Waals surface area contributed by atoms with Gasteiger partial charge in [0.15, 0.2) is 0 Å². The molecule has 2 N–H and O–H groups in total. The first kappa shape index (κ1) is 15.5. The van der Waals surface area contributed by atoms with Crippen molar-refractivity contribution in [1.29, 1.82) is 0 Å². The molecule has 0 bridgehead atoms. The number of rotatable bonds is 6. The largest absolute Gasteiger partial charge is 0.340 e. The fraction of sp³-hybridized carbons (Fsp3) is 0.667. The van der Waals surface area contributed by atoms with Crippen molar-refractivity contribution in [3.05, 3.63) is 22.4 Å². The summed E-state index contributed by atoms with van der Waals surface area (Å²) >= 11 is 1.67. The van der Waals surface area contributed by atoms with Crippen molar-refractivity contribution >= 4 is 17.2 Å². The molecule has 0 spiro atoms. The summed E-state index contributed by atoms with van der Waals surface area (Å²) in [4.78, 5) is 16.5. The molecule has 112 valence electrons. The van der Waals surface area contributed by atoms with Crippen molar-refractivity contribution in [1.82, 2.24) is 9.80 Å². The quantitative estimate of drug-likeness (QED) is 0.872. The molecule has 1 unspecified atom stereocenters. The summed E-state index contributed by atoms with van der Waals surface area (Å²) in [6.07, 6.45) is 4.64. The van der Waals surface area contributed by atoms with Crippen LogP contribution in [0, 0.1) is 0 Å². The second kappa shape index (κ2) is 7.76. The van der Waals surface area contributed by atoms with Crippen molar-refractivity contribution in [3.8, 4) is 0 Å². The number of likely N-dealkylation sites (N-methyl/N-ethyl adjacent to an activating group) is 1. The first-order valence-corrected chi connectivity index (χ1v) is 8.34. The van der Waals surface area contributed by atoms with Gasteiger partial charge in [-0.25, -0.2) is 0 Å². The van der Waals surface area contributed by atoms with Crippen LogP contribution >= 0.6 is 11.3 Å². The number of nitrogens with zero attached hydrogens (tertiary/aromatic N) is 2. The van der Waals surface area contributed by atoms with Crippen LogP contribution in [0.1, 0.15) is 31.2 Å². The number of likely N-dealkylation sites (tertiary alicyclic amines) is 1. The Morgan fingerprint density at radius 2 is 2.40 bits per heavy atom. The molecule has 0 radical (unpaired) electrons. The topological polar surface area (TPSA) is 49.6 Å². The molecule has 1 aromatic heterocycles. The lowest BCUT2D eigenvalue weighted by Crippen LogP contribution is -2.46. The highest BCUT2D eigenvalue weighted by Gasteiger charge is 2.24. The molecule has 0 aromatic carbocycles. The summed E-state index contributed by atoms with van der Waals surface area (Å²) < 4.78 is 0. The monoisotopic (exact) mass is 295 g/mol. The van der Waals surface area contributed by atoms with Gasteiger partial charge in [0.1, 0.15) is 0 Å². The Morgan fingerprint density at radius 3 is 3.10 bits per heavy atom. The summed E-state index contributed by atoms with van der Waals surface area (Å²) in [5.41, 5.74) is 6.89. The third-order valence-electron chi connectivity index (χ3n) is 4.01. The van der Waals surface area contributed by atoms with Crippen molar-refractivity contribution < 1.29 is 4.79 Å². The second-order valence-electron chi connectivity index (χ2n) is 5.58. The molecular formula is C15H25N3OS. The standard InChI is InChI=1S/C15H25N3OS/c1-17(10-13-6-9-20-12-13)15(19)11-18-8-3-2-4-14(18)5-7-16/h6,9,12,14H,2-5,7-8,10-11,16H2,1H3. The van der Waals surface area contributed by atoms with Crippen molar-refractivity contribution in [2.24, 2.45) is 5.73 Å². The minimum Gasteiger partial charge on any atom is -0.340 e. The summed E-state index contributed by atoms with van der Waals surface area (Å²) in [5.74, 6) is 0.208. The van der Waals surface area contributed by atoms with E-state index in [0.717, 1.165) is 13.0 Å². The van der Waals surface area contributed by atoms with Crippen LogP contribution in [0.15, 0.2) is 16.8 Å². The summed E-state index contributed by atoms with van der Waals surface area (Å²) in [5, 5.41) is 4.15. The van der Waals surface area contributed by atoms with E-state index in [-0.39, 0.29) is 5.91 Å². The van der Waals surface area contributed by atoms with E-state index >= 15 is 0 Å². The minimum atomic E-state index is 0.208. The molecule has 4 nitrogen and oxygen atoms in total. The Morgan fingerprint density at radius 1 is 1.55 bits per heavy atom. The van der Waals surface area contributed by atoms with Crippen LogP contribution in [-0.4, -0.2) is 48.4 Å². The zero-order valence-electron chi connectivity index (χ0n) is 12.3. The number of hydrogen-bond donors (Lipinski definition) is 1. The number of piperidine rings is 1. The molecule has 1 amide bonds. The molecule has 2 heterocycles. The highest BCUT2D eigenvalue weighted by atomic mass is 32.1. The third-order valence-corrected chi connectivity index (χ3v) is 4.74. The summed E-state index contributed by atoms with van der Waals surface area (Å²) in [6, 6.07) is 2.57. The van der Waals surface area contributed by atoms with Crippen LogP contribution in [0.3, 0.4) is 0 Å². The first-order chi connectivity index (χ1) is 9.70. The van der Waals surface area contributed by atoms with Gasteiger partial charge in [-0.2, -0.15) is 11.3 Å². The number of amides is 1. The van der Waals surface area contributed by atoms with E-state index in [0.29, 0.717) is 25.7 Å². The Labute approximate surface area is 125 Å². The van der Waals surface area contributed by atoms with E-state index in [1.165, 1.54) is 24.8 Å². The fourth-order valence-electron chi connectivity index (χ4n) is 2.83. The van der Waals surface area contributed by atoms with Crippen molar-refractivity contribution in [3.63, 3.8) is 0 Å². The van der Waals surface area contributed by atoms with E-state index in [2.05, 4.69) is 21.7 Å². The Balaban J connectivity index is 1.85. The molecule has 0 aliphatic carbocycles. The van der Waals surface area contributed by atoms with Gasteiger partial charge >= 0.3 is 0 Å². The van der Waals surface area contributed by atoms with Gasteiger partial charge in [-0.1, -0.05) is 6.42 Å². The van der Waals surface area contributed by atoms with Gasteiger partial charge < -0.3 is 10.6 Å². The molecule has 20 heavy (non-hydrogen) atoms. The zero-order chi connectivity index (χ0) is 14.4. The molecule has 1 aromatic rings. The molecule has 1 aliphatic rings. The van der Waals surface area contributed by atoms with Crippen LogP contribution < -0.4 is 5.73 Å². The lowest BCUT2D eigenvalue weighted by molar-refractivity contribution is -0.132. The first-order valence-electron chi connectivity index (χ1n) is 7.40. The van der Waals surface area contributed by atoms with Crippen molar-refractivity contribution in [2.45, 2.75) is 38.3 Å².